The van der Waals surface area contributed by atoms with Gasteiger partial charge < -0.3 is 0 Å². The number of fused-ring (bicyclic) bond motifs is 1. The Balaban J connectivity index is 1.55. The van der Waals surface area contributed by atoms with E-state index in [4.69, 9.17) is 0 Å². The molecule has 2 amide bonds. The molecule has 0 aliphatic carbocycles. The molecule has 0 saturated heterocycles. The van der Waals surface area contributed by atoms with Crippen molar-refractivity contribution in [1.29, 1.82) is 10.5 Å². The van der Waals surface area contributed by atoms with E-state index in [9.17, 15) is 20.1 Å². The van der Waals surface area contributed by atoms with Crippen LogP contribution < -0.4 is 0 Å². The molecule has 0 bridgehead atoms. The lowest BCUT2D eigenvalue weighted by Gasteiger charge is -2.36. The van der Waals surface area contributed by atoms with Crippen LogP contribution in [0.5, 0.6) is 0 Å². The zero-order chi connectivity index (χ0) is 24.0. The molecule has 0 radical (unpaired) electrons. The second kappa shape index (κ2) is 10.5. The van der Waals surface area contributed by atoms with Gasteiger partial charge in [-0.25, -0.2) is 0 Å². The smallest absolute Gasteiger partial charge is 0.261 e. The minimum Gasteiger partial charge on any atom is -0.274 e. The Morgan fingerprint density at radius 3 is 1.97 bits per heavy atom. The number of nitriles is 2. The molecule has 33 heavy (non-hydrogen) atoms. The molecule has 170 valence electrons. The van der Waals surface area contributed by atoms with Crippen LogP contribution in [0.3, 0.4) is 0 Å². The lowest BCUT2D eigenvalue weighted by atomic mass is 9.66. The largest absolute Gasteiger partial charge is 0.274 e. The molecule has 0 N–H and O–H groups in total. The number of carbonyl (C=O) groups is 2. The third-order valence-corrected chi connectivity index (χ3v) is 6.85. The number of hydrogen-bond acceptors (Lipinski definition) is 4. The number of amides is 2. The summed E-state index contributed by atoms with van der Waals surface area (Å²) in [5, 5.41) is 19.2. The number of benzene rings is 2. The van der Waals surface area contributed by atoms with Gasteiger partial charge in [0, 0.05) is 12.5 Å². The van der Waals surface area contributed by atoms with E-state index >= 15 is 0 Å². The summed E-state index contributed by atoms with van der Waals surface area (Å²) >= 11 is 0. The van der Waals surface area contributed by atoms with Crippen LogP contribution in [0.1, 0.15) is 78.7 Å². The molecule has 5 heteroatoms. The summed E-state index contributed by atoms with van der Waals surface area (Å²) < 4.78 is 0. The highest BCUT2D eigenvalue weighted by molar-refractivity contribution is 6.21. The number of imide groups is 1. The van der Waals surface area contributed by atoms with Crippen molar-refractivity contribution in [3.8, 4) is 12.1 Å². The number of hydrogen-bond donors (Lipinski definition) is 0. The molecule has 0 aromatic heterocycles. The van der Waals surface area contributed by atoms with E-state index in [1.165, 1.54) is 4.90 Å². The van der Waals surface area contributed by atoms with Crippen molar-refractivity contribution < 1.29 is 9.59 Å². The minimum atomic E-state index is -0.700. The lowest BCUT2D eigenvalue weighted by molar-refractivity contribution is 0.0645. The molecule has 1 aliphatic heterocycles. The summed E-state index contributed by atoms with van der Waals surface area (Å²) in [7, 11) is 0. The molecule has 0 fully saturated rings. The van der Waals surface area contributed by atoms with Crippen LogP contribution in [0, 0.1) is 39.9 Å². The molecule has 2 unspecified atom stereocenters. The van der Waals surface area contributed by atoms with Gasteiger partial charge in [-0.3, -0.25) is 14.5 Å². The normalized spacial score (nSPS) is 15.2. The van der Waals surface area contributed by atoms with Crippen molar-refractivity contribution in [2.45, 2.75) is 52.4 Å². The van der Waals surface area contributed by atoms with Crippen molar-refractivity contribution in [2.75, 3.05) is 6.54 Å². The average molecular weight is 442 g/mol. The van der Waals surface area contributed by atoms with E-state index < -0.39 is 5.92 Å². The van der Waals surface area contributed by atoms with Crippen LogP contribution in [-0.4, -0.2) is 23.3 Å². The highest BCUT2D eigenvalue weighted by Crippen LogP contribution is 2.44. The maximum absolute atomic E-state index is 12.5. The maximum Gasteiger partial charge on any atom is 0.261 e. The van der Waals surface area contributed by atoms with E-state index in [-0.39, 0.29) is 23.1 Å². The molecule has 0 saturated carbocycles. The quantitative estimate of drug-likeness (QED) is 0.426. The van der Waals surface area contributed by atoms with Crippen molar-refractivity contribution in [2.24, 2.45) is 17.3 Å². The van der Waals surface area contributed by atoms with Crippen molar-refractivity contribution in [1.82, 2.24) is 4.90 Å². The zero-order valence-electron chi connectivity index (χ0n) is 19.6. The van der Waals surface area contributed by atoms with Gasteiger partial charge in [-0.1, -0.05) is 76.1 Å². The predicted octanol–water partition coefficient (Wildman–Crippen LogP) is 5.95. The fourth-order valence-corrected chi connectivity index (χ4v) is 4.93. The standard InChI is InChI=1S/C28H31N3O2/c1-20(15-17-31-26(32)23-13-7-8-14-24(23)27(31)33)10-9-16-28(2,3)25(22(18-29)19-30)21-11-5-4-6-12-21/h4-8,11-14,20,22,25H,9-10,15-17H2,1-3H3. The summed E-state index contributed by atoms with van der Waals surface area (Å²) in [6.45, 7) is 6.84. The molecule has 2 aromatic rings. The SMILES string of the molecule is CC(CCCC(C)(C)C(c1ccccc1)C(C#N)C#N)CCN1C(=O)c2ccccc2C1=O. The summed E-state index contributed by atoms with van der Waals surface area (Å²) in [5.74, 6) is -0.915. The molecule has 1 heterocycles. The molecule has 2 aromatic carbocycles. The van der Waals surface area contributed by atoms with Gasteiger partial charge in [-0.15, -0.1) is 0 Å². The van der Waals surface area contributed by atoms with Gasteiger partial charge in [-0.2, -0.15) is 10.5 Å². The van der Waals surface area contributed by atoms with Gasteiger partial charge in [0.05, 0.1) is 23.3 Å². The van der Waals surface area contributed by atoms with Crippen LogP contribution in [0.25, 0.3) is 0 Å². The average Bonchev–Trinajstić information content (AvgIpc) is 3.06. The van der Waals surface area contributed by atoms with Gasteiger partial charge in [0.1, 0.15) is 5.92 Å². The third kappa shape index (κ3) is 5.32. The summed E-state index contributed by atoms with van der Waals surface area (Å²) in [5.41, 5.74) is 1.79. The maximum atomic E-state index is 12.5. The second-order valence-corrected chi connectivity index (χ2v) is 9.71. The topological polar surface area (TPSA) is 85.0 Å². The van der Waals surface area contributed by atoms with Gasteiger partial charge >= 0.3 is 0 Å². The van der Waals surface area contributed by atoms with E-state index in [0.29, 0.717) is 23.6 Å². The summed E-state index contributed by atoms with van der Waals surface area (Å²) in [6, 6.07) is 21.2. The third-order valence-electron chi connectivity index (χ3n) is 6.85. The molecule has 0 spiro atoms. The Hall–Kier alpha value is -3.44. The van der Waals surface area contributed by atoms with Crippen LogP contribution in [0.2, 0.25) is 0 Å². The van der Waals surface area contributed by atoms with Crippen LogP contribution in [0.15, 0.2) is 54.6 Å². The van der Waals surface area contributed by atoms with Crippen LogP contribution in [-0.2, 0) is 0 Å². The van der Waals surface area contributed by atoms with Gasteiger partial charge in [0.15, 0.2) is 0 Å². The Morgan fingerprint density at radius 2 is 1.42 bits per heavy atom. The van der Waals surface area contributed by atoms with E-state index in [2.05, 4.69) is 32.9 Å². The van der Waals surface area contributed by atoms with Crippen molar-refractivity contribution in [3.63, 3.8) is 0 Å². The zero-order valence-corrected chi connectivity index (χ0v) is 19.6. The van der Waals surface area contributed by atoms with E-state index in [0.717, 1.165) is 31.2 Å². The van der Waals surface area contributed by atoms with E-state index in [1.807, 2.05) is 30.3 Å². The summed E-state index contributed by atoms with van der Waals surface area (Å²) in [6.07, 6.45) is 3.54. The highest BCUT2D eigenvalue weighted by Gasteiger charge is 2.37. The Labute approximate surface area is 196 Å². The number of nitrogens with zero attached hydrogens (tertiary/aromatic N) is 3. The van der Waals surface area contributed by atoms with Crippen LogP contribution >= 0.6 is 0 Å². The van der Waals surface area contributed by atoms with Gasteiger partial charge in [0.2, 0.25) is 0 Å². The Kier molecular flexibility index (Phi) is 7.67. The minimum absolute atomic E-state index is 0.164. The van der Waals surface area contributed by atoms with E-state index in [1.54, 1.807) is 24.3 Å². The number of rotatable bonds is 10. The van der Waals surface area contributed by atoms with Crippen LogP contribution in [0.4, 0.5) is 0 Å². The fourth-order valence-electron chi connectivity index (χ4n) is 4.93. The molecule has 3 rings (SSSR count). The Bertz CT molecular complexity index is 1030. The first-order valence-electron chi connectivity index (χ1n) is 11.6. The van der Waals surface area contributed by atoms with Gasteiger partial charge in [0.25, 0.3) is 11.8 Å². The highest BCUT2D eigenvalue weighted by atomic mass is 16.2. The molecule has 2 atom stereocenters. The second-order valence-electron chi connectivity index (χ2n) is 9.71. The molecular formula is C28H31N3O2. The molecule has 1 aliphatic rings. The first kappa shape index (κ1) is 24.2. The first-order valence-corrected chi connectivity index (χ1v) is 11.6. The predicted molar refractivity (Wildman–Crippen MR) is 127 cm³/mol. The monoisotopic (exact) mass is 441 g/mol. The first-order chi connectivity index (χ1) is 15.8. The summed E-state index contributed by atoms with van der Waals surface area (Å²) in [4.78, 5) is 26.5. The Morgan fingerprint density at radius 1 is 0.879 bits per heavy atom. The molecule has 5 nitrogen and oxygen atoms in total. The number of carbonyl (C=O) groups excluding carboxylic acids is 2. The van der Waals surface area contributed by atoms with Gasteiger partial charge in [-0.05, 0) is 41.9 Å². The lowest BCUT2D eigenvalue weighted by Crippen LogP contribution is -2.31. The molecular weight excluding hydrogens is 410 g/mol. The van der Waals surface area contributed by atoms with Crippen molar-refractivity contribution in [3.05, 3.63) is 71.3 Å². The van der Waals surface area contributed by atoms with Crippen molar-refractivity contribution >= 4 is 11.8 Å². The fraction of sp³-hybridized carbons (Fsp3) is 0.429.